The molecule has 0 heterocycles. The highest BCUT2D eigenvalue weighted by molar-refractivity contribution is 5.64. The molecule has 0 radical (unpaired) electrons. The molecule has 1 atom stereocenters. The molecule has 0 aromatic heterocycles. The number of hydrogen-bond acceptors (Lipinski definition) is 1. The van der Waals surface area contributed by atoms with E-state index in [1.165, 1.54) is 0 Å². The van der Waals surface area contributed by atoms with Crippen LogP contribution in [0.1, 0.15) is 24.0 Å². The van der Waals surface area contributed by atoms with Gasteiger partial charge < -0.3 is 5.11 Å². The van der Waals surface area contributed by atoms with E-state index in [1.807, 2.05) is 85.0 Å². The van der Waals surface area contributed by atoms with Gasteiger partial charge in [-0.2, -0.15) is 0 Å². The van der Waals surface area contributed by atoms with Crippen molar-refractivity contribution in [2.24, 2.45) is 0 Å². The molecule has 122 valence electrons. The first-order valence-electron chi connectivity index (χ1n) is 8.24. The van der Waals surface area contributed by atoms with Crippen molar-refractivity contribution in [3.8, 4) is 0 Å². The summed E-state index contributed by atoms with van der Waals surface area (Å²) in [4.78, 5) is 0. The van der Waals surface area contributed by atoms with Crippen molar-refractivity contribution in [1.29, 1.82) is 0 Å². The van der Waals surface area contributed by atoms with Gasteiger partial charge in [0.05, 0.1) is 6.10 Å². The van der Waals surface area contributed by atoms with Crippen molar-refractivity contribution in [3.63, 3.8) is 0 Å². The van der Waals surface area contributed by atoms with Crippen LogP contribution in [0.3, 0.4) is 0 Å². The van der Waals surface area contributed by atoms with Crippen LogP contribution in [0.4, 0.5) is 0 Å². The van der Waals surface area contributed by atoms with Crippen molar-refractivity contribution >= 4 is 12.2 Å². The molecule has 24 heavy (non-hydrogen) atoms. The predicted octanol–water partition coefficient (Wildman–Crippen LogP) is 5.65. The van der Waals surface area contributed by atoms with Gasteiger partial charge in [0.15, 0.2) is 0 Å². The zero-order valence-corrected chi connectivity index (χ0v) is 13.9. The summed E-state index contributed by atoms with van der Waals surface area (Å²) in [6.07, 6.45) is 24.9. The Morgan fingerprint density at radius 1 is 1.00 bits per heavy atom. The summed E-state index contributed by atoms with van der Waals surface area (Å²) < 4.78 is 0. The number of hydrogen-bond donors (Lipinski definition) is 1. The van der Waals surface area contributed by atoms with Crippen molar-refractivity contribution in [1.82, 2.24) is 0 Å². The summed E-state index contributed by atoms with van der Waals surface area (Å²) in [6, 6.07) is 8.08. The molecule has 0 spiro atoms. The third kappa shape index (κ3) is 5.86. The van der Waals surface area contributed by atoms with Gasteiger partial charge in [-0.1, -0.05) is 104 Å². The monoisotopic (exact) mass is 316 g/mol. The molecule has 0 fully saturated rings. The van der Waals surface area contributed by atoms with E-state index in [4.69, 9.17) is 0 Å². The summed E-state index contributed by atoms with van der Waals surface area (Å²) in [5, 5.41) is 10.5. The van der Waals surface area contributed by atoms with Crippen molar-refractivity contribution < 1.29 is 5.11 Å². The van der Waals surface area contributed by atoms with E-state index in [0.29, 0.717) is 6.42 Å². The first-order chi connectivity index (χ1) is 11.8. The second-order valence-electron chi connectivity index (χ2n) is 5.49. The Hall–Kier alpha value is -2.64. The summed E-state index contributed by atoms with van der Waals surface area (Å²) in [5.74, 6) is 0. The molecule has 2 rings (SSSR count). The van der Waals surface area contributed by atoms with Gasteiger partial charge in [0.1, 0.15) is 0 Å². The standard InChI is InChI=1S/C23H24O/c1-2-20-14-11-12-15-21(20)18-13-19-23(24)22-16-9-7-5-3-4-6-8-10-17-22/h2-3,5-18,23-24H,1,4,19H2/b5-3-,8-6-,9-7+,17-10+,18-13-,22-16+. The predicted molar refractivity (Wildman–Crippen MR) is 105 cm³/mol. The third-order valence-electron chi connectivity index (χ3n) is 3.71. The molecular formula is C23H24O. The lowest BCUT2D eigenvalue weighted by molar-refractivity contribution is 0.218. The lowest BCUT2D eigenvalue weighted by atomic mass is 10.0. The highest BCUT2D eigenvalue weighted by atomic mass is 16.3. The molecule has 1 unspecified atom stereocenters. The molecule has 1 aromatic rings. The number of aliphatic hydroxyl groups excluding tert-OH is 1. The molecule has 0 bridgehead atoms. The van der Waals surface area contributed by atoms with Crippen molar-refractivity contribution in [2.75, 3.05) is 0 Å². The van der Waals surface area contributed by atoms with Crippen molar-refractivity contribution in [3.05, 3.63) is 108 Å². The lowest BCUT2D eigenvalue weighted by Gasteiger charge is -2.09. The number of aliphatic hydroxyl groups is 1. The summed E-state index contributed by atoms with van der Waals surface area (Å²) >= 11 is 0. The minimum absolute atomic E-state index is 0.531. The van der Waals surface area contributed by atoms with E-state index in [2.05, 4.69) is 18.7 Å². The smallest absolute Gasteiger partial charge is 0.0824 e. The maximum atomic E-state index is 10.5. The largest absolute Gasteiger partial charge is 0.388 e. The number of benzene rings is 1. The molecule has 1 heteroatoms. The van der Waals surface area contributed by atoms with Crippen LogP contribution < -0.4 is 0 Å². The highest BCUT2D eigenvalue weighted by Crippen LogP contribution is 2.15. The van der Waals surface area contributed by atoms with Gasteiger partial charge in [-0.25, -0.2) is 0 Å². The summed E-state index contributed by atoms with van der Waals surface area (Å²) in [7, 11) is 0. The van der Waals surface area contributed by atoms with Gasteiger partial charge in [0.25, 0.3) is 0 Å². The Labute approximate surface area is 145 Å². The Bertz CT molecular complexity index is 711. The van der Waals surface area contributed by atoms with Crippen molar-refractivity contribution in [2.45, 2.75) is 18.9 Å². The van der Waals surface area contributed by atoms with Crippen LogP contribution in [-0.2, 0) is 0 Å². The maximum Gasteiger partial charge on any atom is 0.0824 e. The Kier molecular flexibility index (Phi) is 7.52. The molecule has 0 saturated heterocycles. The van der Waals surface area contributed by atoms with Gasteiger partial charge in [0.2, 0.25) is 0 Å². The summed E-state index contributed by atoms with van der Waals surface area (Å²) in [5.41, 5.74) is 3.10. The number of allylic oxidation sites excluding steroid dienone is 8. The molecule has 1 aliphatic rings. The molecule has 1 aromatic carbocycles. The zero-order valence-electron chi connectivity index (χ0n) is 13.9. The fourth-order valence-electron chi connectivity index (χ4n) is 2.38. The number of rotatable bonds is 5. The normalized spacial score (nSPS) is 23.5. The van der Waals surface area contributed by atoms with Crippen LogP contribution >= 0.6 is 0 Å². The quantitative estimate of drug-likeness (QED) is 0.744. The van der Waals surface area contributed by atoms with Gasteiger partial charge in [-0.05, 0) is 29.5 Å². The molecule has 1 nitrogen and oxygen atoms in total. The second-order valence-corrected chi connectivity index (χ2v) is 5.49. The van der Waals surface area contributed by atoms with Crippen LogP contribution in [0.15, 0.2) is 97.2 Å². The van der Waals surface area contributed by atoms with Crippen LogP contribution in [0.5, 0.6) is 0 Å². The molecule has 0 saturated carbocycles. The van der Waals surface area contributed by atoms with Gasteiger partial charge in [0, 0.05) is 0 Å². The van der Waals surface area contributed by atoms with E-state index in [1.54, 1.807) is 0 Å². The van der Waals surface area contributed by atoms with Gasteiger partial charge in [-0.15, -0.1) is 0 Å². The fraction of sp³-hybridized carbons (Fsp3) is 0.130. The molecule has 1 aliphatic carbocycles. The van der Waals surface area contributed by atoms with E-state index in [-0.39, 0.29) is 0 Å². The van der Waals surface area contributed by atoms with E-state index >= 15 is 0 Å². The Balaban J connectivity index is 2.06. The van der Waals surface area contributed by atoms with Crippen LogP contribution in [0.25, 0.3) is 12.2 Å². The van der Waals surface area contributed by atoms with E-state index in [9.17, 15) is 5.11 Å². The minimum Gasteiger partial charge on any atom is -0.388 e. The van der Waals surface area contributed by atoms with Crippen LogP contribution in [-0.4, -0.2) is 11.2 Å². The molecule has 0 amide bonds. The second kappa shape index (κ2) is 10.2. The SMILES string of the molecule is C=Cc1ccccc1/C=C\CC(O)C1=C/C=C/C=C\C/C=C\C=C\1. The summed E-state index contributed by atoms with van der Waals surface area (Å²) in [6.45, 7) is 3.83. The molecule has 1 N–H and O–H groups in total. The first kappa shape index (κ1) is 17.7. The highest BCUT2D eigenvalue weighted by Gasteiger charge is 2.05. The minimum atomic E-state index is -0.531. The molecule has 0 aliphatic heterocycles. The average Bonchev–Trinajstić information content (AvgIpc) is 2.67. The molecular weight excluding hydrogens is 292 g/mol. The van der Waals surface area contributed by atoms with Gasteiger partial charge in [-0.3, -0.25) is 0 Å². The van der Waals surface area contributed by atoms with E-state index < -0.39 is 6.10 Å². The Morgan fingerprint density at radius 3 is 2.54 bits per heavy atom. The average molecular weight is 316 g/mol. The third-order valence-corrected chi connectivity index (χ3v) is 3.71. The fourth-order valence-corrected chi connectivity index (χ4v) is 2.38. The van der Waals surface area contributed by atoms with E-state index in [0.717, 1.165) is 23.1 Å². The zero-order chi connectivity index (χ0) is 17.0. The Morgan fingerprint density at radius 2 is 1.75 bits per heavy atom. The van der Waals surface area contributed by atoms with Gasteiger partial charge >= 0.3 is 0 Å². The topological polar surface area (TPSA) is 20.2 Å². The lowest BCUT2D eigenvalue weighted by Crippen LogP contribution is -2.07. The van der Waals surface area contributed by atoms with Crippen LogP contribution in [0, 0.1) is 0 Å². The maximum absolute atomic E-state index is 10.5. The van der Waals surface area contributed by atoms with Crippen LogP contribution in [0.2, 0.25) is 0 Å². The first-order valence-corrected chi connectivity index (χ1v) is 8.24.